The summed E-state index contributed by atoms with van der Waals surface area (Å²) in [6, 6.07) is 4.99. The smallest absolute Gasteiger partial charge is 0.241 e. The Morgan fingerprint density at radius 1 is 1.08 bits per heavy atom. The summed E-state index contributed by atoms with van der Waals surface area (Å²) in [6.45, 7) is 1.81. The van der Waals surface area contributed by atoms with E-state index in [4.69, 9.17) is 0 Å². The van der Waals surface area contributed by atoms with Gasteiger partial charge in [0, 0.05) is 11.2 Å². The maximum Gasteiger partial charge on any atom is 0.241 e. The number of carbonyl (C=O) groups is 1. The molecule has 6 heteroatoms. The lowest BCUT2D eigenvalue weighted by atomic mass is 9.53. The van der Waals surface area contributed by atoms with Gasteiger partial charge >= 0.3 is 0 Å². The van der Waals surface area contributed by atoms with Gasteiger partial charge in [-0.1, -0.05) is 0 Å². The van der Waals surface area contributed by atoms with Crippen LogP contribution in [0.5, 0.6) is 0 Å². The van der Waals surface area contributed by atoms with Gasteiger partial charge in [-0.25, -0.2) is 13.1 Å². The van der Waals surface area contributed by atoms with Crippen molar-refractivity contribution in [2.75, 3.05) is 5.32 Å². The first kappa shape index (κ1) is 15.8. The Bertz CT molecular complexity index is 826. The van der Waals surface area contributed by atoms with Crippen LogP contribution in [0, 0.1) is 17.8 Å². The maximum absolute atomic E-state index is 13.1. The molecule has 0 aromatic heterocycles. The minimum absolute atomic E-state index is 0.0707. The first-order valence-corrected chi connectivity index (χ1v) is 10.8. The highest BCUT2D eigenvalue weighted by atomic mass is 32.2. The third-order valence-corrected chi connectivity index (χ3v) is 8.42. The van der Waals surface area contributed by atoms with E-state index in [1.54, 1.807) is 18.2 Å². The number of nitrogens with one attached hydrogen (secondary N) is 2. The van der Waals surface area contributed by atoms with E-state index in [9.17, 15) is 13.2 Å². The van der Waals surface area contributed by atoms with Crippen molar-refractivity contribution in [1.29, 1.82) is 0 Å². The van der Waals surface area contributed by atoms with Crippen molar-refractivity contribution in [2.45, 2.75) is 61.8 Å². The quantitative estimate of drug-likeness (QED) is 0.870. The van der Waals surface area contributed by atoms with Crippen molar-refractivity contribution in [3.05, 3.63) is 23.8 Å². The molecule has 4 saturated carbocycles. The van der Waals surface area contributed by atoms with E-state index in [0.717, 1.165) is 30.5 Å². The van der Waals surface area contributed by atoms with E-state index in [2.05, 4.69) is 10.0 Å². The third-order valence-electron chi connectivity index (χ3n) is 6.84. The zero-order valence-electron chi connectivity index (χ0n) is 14.4. The molecule has 5 aliphatic rings. The van der Waals surface area contributed by atoms with Gasteiger partial charge in [0.15, 0.2) is 0 Å². The van der Waals surface area contributed by atoms with E-state index < -0.39 is 10.0 Å². The molecular weight excluding hydrogens is 336 g/mol. The molecule has 1 amide bonds. The van der Waals surface area contributed by atoms with Gasteiger partial charge in [0.2, 0.25) is 15.9 Å². The fraction of sp³-hybridized carbons (Fsp3) is 0.632. The van der Waals surface area contributed by atoms with E-state index in [0.29, 0.717) is 17.8 Å². The Morgan fingerprint density at radius 3 is 2.28 bits per heavy atom. The first-order chi connectivity index (χ1) is 11.8. The number of fused-ring (bicyclic) bond motifs is 1. The minimum Gasteiger partial charge on any atom is -0.325 e. The van der Waals surface area contributed by atoms with Gasteiger partial charge in [0.05, 0.1) is 10.8 Å². The number of hydrogen-bond donors (Lipinski definition) is 2. The van der Waals surface area contributed by atoms with Gasteiger partial charge in [-0.2, -0.15) is 0 Å². The molecule has 0 saturated heterocycles. The summed E-state index contributed by atoms with van der Waals surface area (Å²) in [7, 11) is -3.57. The summed E-state index contributed by atoms with van der Waals surface area (Å²) < 4.78 is 29.3. The summed E-state index contributed by atoms with van der Waals surface area (Å²) in [6.07, 6.45) is 6.81. The normalized spacial score (nSPS) is 38.7. The Labute approximate surface area is 148 Å². The Morgan fingerprint density at radius 2 is 1.68 bits per heavy atom. The van der Waals surface area contributed by atoms with Gasteiger partial charge < -0.3 is 5.32 Å². The predicted octanol–water partition coefficient (Wildman–Crippen LogP) is 2.99. The second-order valence-electron chi connectivity index (χ2n) is 8.76. The van der Waals surface area contributed by atoms with Crippen LogP contribution in [-0.2, 0) is 14.8 Å². The van der Waals surface area contributed by atoms with Gasteiger partial charge in [0.1, 0.15) is 0 Å². The molecule has 0 radical (unpaired) electrons. The minimum atomic E-state index is -3.57. The monoisotopic (exact) mass is 360 g/mol. The molecule has 4 aliphatic carbocycles. The zero-order valence-corrected chi connectivity index (χ0v) is 15.2. The Balaban J connectivity index is 1.46. The van der Waals surface area contributed by atoms with Crippen LogP contribution in [0.3, 0.4) is 0 Å². The van der Waals surface area contributed by atoms with Crippen LogP contribution in [0.2, 0.25) is 0 Å². The lowest BCUT2D eigenvalue weighted by Gasteiger charge is -2.56. The second-order valence-corrected chi connectivity index (χ2v) is 10.4. The molecule has 4 fully saturated rings. The number of hydrogen-bond acceptors (Lipinski definition) is 3. The molecule has 0 unspecified atom stereocenters. The molecule has 1 heterocycles. The van der Waals surface area contributed by atoms with E-state index in [1.165, 1.54) is 19.3 Å². The topological polar surface area (TPSA) is 75.3 Å². The highest BCUT2D eigenvalue weighted by Crippen LogP contribution is 2.56. The standard InChI is InChI=1S/C19H24N2O3S/c1-11-16-7-15(2-3-17(16)20-18(11)22)25(23,24)21-19-8-12-4-13(9-19)6-14(5-12)10-19/h2-3,7,11-14,21H,4-6,8-10H2,1H3,(H,20,22)/t11-,12?,13?,14?,19?/m0/s1. The molecule has 2 N–H and O–H groups in total. The molecular formula is C19H24N2O3S. The highest BCUT2D eigenvalue weighted by Gasteiger charge is 2.52. The summed E-state index contributed by atoms with van der Waals surface area (Å²) in [5.74, 6) is 1.70. The lowest BCUT2D eigenvalue weighted by molar-refractivity contribution is -0.116. The van der Waals surface area contributed by atoms with Crippen LogP contribution < -0.4 is 10.0 Å². The number of carbonyl (C=O) groups excluding carboxylic acids is 1. The van der Waals surface area contributed by atoms with Gasteiger partial charge in [-0.3, -0.25) is 4.79 Å². The van der Waals surface area contributed by atoms with Crippen LogP contribution in [0.15, 0.2) is 23.1 Å². The number of sulfonamides is 1. The average Bonchev–Trinajstić information content (AvgIpc) is 2.79. The Kier molecular flexibility index (Phi) is 3.21. The average molecular weight is 360 g/mol. The van der Waals surface area contributed by atoms with Crippen molar-refractivity contribution >= 4 is 21.6 Å². The van der Waals surface area contributed by atoms with Crippen molar-refractivity contribution in [3.8, 4) is 0 Å². The van der Waals surface area contributed by atoms with Crippen molar-refractivity contribution in [2.24, 2.45) is 17.8 Å². The molecule has 6 rings (SSSR count). The van der Waals surface area contributed by atoms with Gasteiger partial charge in [-0.15, -0.1) is 0 Å². The summed E-state index contributed by atoms with van der Waals surface area (Å²) in [5.41, 5.74) is 1.26. The van der Waals surface area contributed by atoms with Crippen molar-refractivity contribution < 1.29 is 13.2 Å². The molecule has 1 aromatic carbocycles. The molecule has 1 aliphatic heterocycles. The summed E-state index contributed by atoms with van der Waals surface area (Å²) in [4.78, 5) is 12.1. The van der Waals surface area contributed by atoms with Gasteiger partial charge in [0.25, 0.3) is 0 Å². The summed E-state index contributed by atoms with van der Waals surface area (Å²) >= 11 is 0. The van der Waals surface area contributed by atoms with Crippen molar-refractivity contribution in [3.63, 3.8) is 0 Å². The lowest BCUT2D eigenvalue weighted by Crippen LogP contribution is -2.59. The zero-order chi connectivity index (χ0) is 17.4. The summed E-state index contributed by atoms with van der Waals surface area (Å²) in [5, 5.41) is 2.80. The number of rotatable bonds is 3. The third kappa shape index (κ3) is 2.45. The molecule has 4 bridgehead atoms. The van der Waals surface area contributed by atoms with Crippen LogP contribution >= 0.6 is 0 Å². The maximum atomic E-state index is 13.1. The van der Waals surface area contributed by atoms with Crippen LogP contribution in [0.25, 0.3) is 0 Å². The number of amides is 1. The van der Waals surface area contributed by atoms with E-state index in [1.807, 2.05) is 6.92 Å². The second kappa shape index (κ2) is 5.07. The molecule has 0 spiro atoms. The first-order valence-electron chi connectivity index (χ1n) is 9.32. The fourth-order valence-electron chi connectivity index (χ4n) is 6.14. The van der Waals surface area contributed by atoms with Crippen LogP contribution in [0.1, 0.15) is 56.9 Å². The predicted molar refractivity (Wildman–Crippen MR) is 94.7 cm³/mol. The molecule has 1 aromatic rings. The molecule has 134 valence electrons. The van der Waals surface area contributed by atoms with Crippen molar-refractivity contribution in [1.82, 2.24) is 4.72 Å². The van der Waals surface area contributed by atoms with E-state index >= 15 is 0 Å². The number of benzene rings is 1. The Hall–Kier alpha value is -1.40. The highest BCUT2D eigenvalue weighted by molar-refractivity contribution is 7.89. The number of anilines is 1. The van der Waals surface area contributed by atoms with Crippen LogP contribution in [-0.4, -0.2) is 19.9 Å². The SMILES string of the molecule is C[C@@H]1C(=O)Nc2ccc(S(=O)(=O)NC34CC5CC(CC(C5)C3)C4)cc21. The van der Waals surface area contributed by atoms with Crippen LogP contribution in [0.4, 0.5) is 5.69 Å². The van der Waals surface area contributed by atoms with E-state index in [-0.39, 0.29) is 22.3 Å². The fourth-order valence-corrected chi connectivity index (χ4v) is 7.61. The molecule has 1 atom stereocenters. The molecule has 5 nitrogen and oxygen atoms in total. The molecule has 25 heavy (non-hydrogen) atoms. The largest absolute Gasteiger partial charge is 0.325 e. The van der Waals surface area contributed by atoms with Gasteiger partial charge in [-0.05, 0) is 87.0 Å².